The average Bonchev–Trinajstić information content (AvgIpc) is 2.60. The molecule has 5 heteroatoms. The lowest BCUT2D eigenvalue weighted by molar-refractivity contribution is -0.114. The molecule has 0 atom stereocenters. The van der Waals surface area contributed by atoms with E-state index in [9.17, 15) is 4.79 Å². The maximum Gasteiger partial charge on any atom is 0.268 e. The van der Waals surface area contributed by atoms with Gasteiger partial charge in [-0.25, -0.2) is 4.99 Å². The molecule has 2 aliphatic heterocycles. The molecule has 0 aliphatic carbocycles. The fourth-order valence-electron chi connectivity index (χ4n) is 1.69. The lowest BCUT2D eigenvalue weighted by atomic mass is 10.1. The third-order valence-corrected chi connectivity index (χ3v) is 2.31. The van der Waals surface area contributed by atoms with Gasteiger partial charge in [0.05, 0.1) is 17.6 Å². The van der Waals surface area contributed by atoms with Gasteiger partial charge in [-0.15, -0.1) is 0 Å². The summed E-state index contributed by atoms with van der Waals surface area (Å²) in [7, 11) is 0. The van der Waals surface area contributed by atoms with Crippen LogP contribution in [0.25, 0.3) is 11.6 Å². The van der Waals surface area contributed by atoms with E-state index in [4.69, 9.17) is 10.2 Å². The number of hydrogen-bond acceptors (Lipinski definition) is 4. The van der Waals surface area contributed by atoms with E-state index in [-0.39, 0.29) is 5.70 Å². The van der Waals surface area contributed by atoms with Gasteiger partial charge < -0.3 is 15.5 Å². The molecular weight excluding hydrogens is 194 g/mol. The summed E-state index contributed by atoms with van der Waals surface area (Å²) in [4.78, 5) is 15.1. The van der Waals surface area contributed by atoms with Crippen LogP contribution in [0.2, 0.25) is 0 Å². The van der Waals surface area contributed by atoms with Crippen molar-refractivity contribution >= 4 is 23.9 Å². The Balaban J connectivity index is 2.30. The smallest absolute Gasteiger partial charge is 0.268 e. The number of nitrogens with zero attached hydrogens (tertiary/aromatic N) is 1. The van der Waals surface area contributed by atoms with Crippen LogP contribution in [0.5, 0.6) is 0 Å². The topological polar surface area (TPSA) is 80.6 Å². The zero-order valence-electron chi connectivity index (χ0n) is 7.65. The molecule has 3 N–H and O–H groups in total. The van der Waals surface area contributed by atoms with E-state index in [1.54, 1.807) is 12.1 Å². The summed E-state index contributed by atoms with van der Waals surface area (Å²) in [5.41, 5.74) is 6.88. The minimum Gasteiger partial charge on any atom is -0.456 e. The SMILES string of the molecule is NC(=O)C1=C2C(=Cc3ccc2o3)NC=N1. The van der Waals surface area contributed by atoms with Crippen molar-refractivity contribution in [2.24, 2.45) is 10.7 Å². The number of primary amides is 1. The number of amides is 1. The van der Waals surface area contributed by atoms with Crippen LogP contribution in [-0.4, -0.2) is 12.2 Å². The summed E-state index contributed by atoms with van der Waals surface area (Å²) in [5, 5.41) is 2.95. The summed E-state index contributed by atoms with van der Waals surface area (Å²) in [6, 6.07) is 3.62. The normalized spacial score (nSPS) is 16.9. The highest BCUT2D eigenvalue weighted by atomic mass is 16.3. The fraction of sp³-hybridized carbons (Fsp3) is 0. The first-order valence-corrected chi connectivity index (χ1v) is 4.41. The van der Waals surface area contributed by atoms with Crippen LogP contribution in [0.15, 0.2) is 32.9 Å². The highest BCUT2D eigenvalue weighted by molar-refractivity contribution is 6.07. The largest absolute Gasteiger partial charge is 0.456 e. The predicted molar refractivity (Wildman–Crippen MR) is 54.4 cm³/mol. The van der Waals surface area contributed by atoms with Crippen molar-refractivity contribution in [3.05, 3.63) is 35.0 Å². The molecule has 3 heterocycles. The molecule has 0 radical (unpaired) electrons. The lowest BCUT2D eigenvalue weighted by Gasteiger charge is -2.18. The summed E-state index contributed by atoms with van der Waals surface area (Å²) in [6.07, 6.45) is 3.25. The molecule has 74 valence electrons. The van der Waals surface area contributed by atoms with Crippen LogP contribution in [0, 0.1) is 0 Å². The van der Waals surface area contributed by atoms with Gasteiger partial charge in [-0.2, -0.15) is 0 Å². The Labute approximate surface area is 85.0 Å². The molecule has 2 bridgehead atoms. The zero-order valence-corrected chi connectivity index (χ0v) is 7.65. The van der Waals surface area contributed by atoms with E-state index in [2.05, 4.69) is 10.3 Å². The number of fused-ring (bicyclic) bond motifs is 4. The van der Waals surface area contributed by atoms with Gasteiger partial charge in [-0.1, -0.05) is 0 Å². The molecule has 0 fully saturated rings. The molecule has 15 heavy (non-hydrogen) atoms. The summed E-state index contributed by atoms with van der Waals surface area (Å²) < 4.78 is 5.41. The molecule has 0 saturated carbocycles. The third kappa shape index (κ3) is 1.03. The maximum absolute atomic E-state index is 11.2. The molecule has 2 aliphatic rings. The van der Waals surface area contributed by atoms with Gasteiger partial charge in [0.2, 0.25) is 0 Å². The van der Waals surface area contributed by atoms with Crippen molar-refractivity contribution < 1.29 is 9.21 Å². The Hall–Kier alpha value is -2.30. The molecule has 0 unspecified atom stereocenters. The van der Waals surface area contributed by atoms with Crippen molar-refractivity contribution in [2.75, 3.05) is 0 Å². The maximum atomic E-state index is 11.2. The summed E-state index contributed by atoms with van der Waals surface area (Å²) >= 11 is 0. The molecule has 0 spiro atoms. The fourth-order valence-corrected chi connectivity index (χ4v) is 1.69. The zero-order chi connectivity index (χ0) is 10.4. The number of rotatable bonds is 1. The third-order valence-electron chi connectivity index (χ3n) is 2.31. The van der Waals surface area contributed by atoms with E-state index >= 15 is 0 Å². The van der Waals surface area contributed by atoms with E-state index in [0.29, 0.717) is 11.3 Å². The van der Waals surface area contributed by atoms with Crippen LogP contribution in [0.4, 0.5) is 0 Å². The average molecular weight is 201 g/mol. The van der Waals surface area contributed by atoms with Gasteiger partial charge in [-0.05, 0) is 12.1 Å². The second kappa shape index (κ2) is 2.60. The molecule has 0 saturated heterocycles. The number of nitrogens with one attached hydrogen (secondary N) is 1. The molecule has 1 aromatic rings. The lowest BCUT2D eigenvalue weighted by Crippen LogP contribution is -2.24. The Morgan fingerprint density at radius 3 is 3.13 bits per heavy atom. The quantitative estimate of drug-likeness (QED) is 0.692. The van der Waals surface area contributed by atoms with Gasteiger partial charge in [0.15, 0.2) is 0 Å². The van der Waals surface area contributed by atoms with E-state index in [0.717, 1.165) is 11.5 Å². The highest BCUT2D eigenvalue weighted by Gasteiger charge is 2.26. The number of furan rings is 1. The van der Waals surface area contributed by atoms with E-state index < -0.39 is 5.91 Å². The minimum atomic E-state index is -0.562. The van der Waals surface area contributed by atoms with Crippen LogP contribution >= 0.6 is 0 Å². The van der Waals surface area contributed by atoms with E-state index in [1.165, 1.54) is 6.34 Å². The monoisotopic (exact) mass is 201 g/mol. The van der Waals surface area contributed by atoms with Crippen molar-refractivity contribution in [2.45, 2.75) is 0 Å². The number of carbonyl (C=O) groups is 1. The van der Waals surface area contributed by atoms with Crippen molar-refractivity contribution in [1.29, 1.82) is 0 Å². The Morgan fingerprint density at radius 1 is 1.47 bits per heavy atom. The second-order valence-corrected chi connectivity index (χ2v) is 3.25. The standard InChI is InChI=1S/C10H7N3O2/c11-10(14)9-8-6(12-4-13-9)3-5-1-2-7(8)15-5/h1-4H,(H2,11,14)(H,12,13). The number of nitrogens with two attached hydrogens (primary N) is 1. The van der Waals surface area contributed by atoms with Crippen molar-refractivity contribution in [1.82, 2.24) is 5.32 Å². The second-order valence-electron chi connectivity index (χ2n) is 3.25. The van der Waals surface area contributed by atoms with Crippen LogP contribution in [0.1, 0.15) is 11.5 Å². The molecule has 1 aromatic heterocycles. The number of carbonyl (C=O) groups excluding carboxylic acids is 1. The Kier molecular flexibility index (Phi) is 1.39. The molecular formula is C10H7N3O2. The number of hydrogen-bond donors (Lipinski definition) is 2. The first-order valence-electron chi connectivity index (χ1n) is 4.41. The Morgan fingerprint density at radius 2 is 2.33 bits per heavy atom. The summed E-state index contributed by atoms with van der Waals surface area (Å²) in [5.74, 6) is 0.796. The minimum absolute atomic E-state index is 0.223. The van der Waals surface area contributed by atoms with Gasteiger partial charge >= 0.3 is 0 Å². The van der Waals surface area contributed by atoms with Gasteiger partial charge in [0, 0.05) is 6.08 Å². The van der Waals surface area contributed by atoms with Crippen LogP contribution < -0.4 is 11.1 Å². The molecule has 1 amide bonds. The highest BCUT2D eigenvalue weighted by Crippen LogP contribution is 2.34. The van der Waals surface area contributed by atoms with Crippen LogP contribution in [-0.2, 0) is 4.79 Å². The van der Waals surface area contributed by atoms with E-state index in [1.807, 2.05) is 6.07 Å². The van der Waals surface area contributed by atoms with Crippen molar-refractivity contribution in [3.8, 4) is 0 Å². The van der Waals surface area contributed by atoms with Gasteiger partial charge in [0.1, 0.15) is 17.2 Å². The molecule has 3 rings (SSSR count). The van der Waals surface area contributed by atoms with Gasteiger partial charge in [-0.3, -0.25) is 4.79 Å². The van der Waals surface area contributed by atoms with Gasteiger partial charge in [0.25, 0.3) is 5.91 Å². The Bertz CT molecular complexity index is 549. The first kappa shape index (κ1) is 8.05. The first-order chi connectivity index (χ1) is 7.25. The predicted octanol–water partition coefficient (Wildman–Crippen LogP) is 0.462. The van der Waals surface area contributed by atoms with Crippen molar-refractivity contribution in [3.63, 3.8) is 0 Å². The number of aliphatic imine (C=N–C) groups is 1. The summed E-state index contributed by atoms with van der Waals surface area (Å²) in [6.45, 7) is 0. The number of allylic oxidation sites excluding steroid dienone is 1. The molecule has 5 nitrogen and oxygen atoms in total. The van der Waals surface area contributed by atoms with Crippen LogP contribution in [0.3, 0.4) is 0 Å². The molecule has 0 aromatic carbocycles.